The first-order valence-electron chi connectivity index (χ1n) is 7.74. The molecule has 0 saturated carbocycles. The number of hydrogen-bond acceptors (Lipinski definition) is 5. The third-order valence-electron chi connectivity index (χ3n) is 4.25. The number of benzene rings is 2. The van der Waals surface area contributed by atoms with E-state index in [1.807, 2.05) is 6.07 Å². The van der Waals surface area contributed by atoms with Crippen molar-refractivity contribution in [2.75, 3.05) is 12.9 Å². The fraction of sp³-hybridized carbons (Fsp3) is 0.158. The first kappa shape index (κ1) is 18.7. The number of halogens is 2. The molecular weight excluding hydrogens is 376 g/mol. The summed E-state index contributed by atoms with van der Waals surface area (Å²) < 4.78 is 56.9. The Morgan fingerprint density at radius 3 is 2.48 bits per heavy atom. The average Bonchev–Trinajstić information content (AvgIpc) is 2.97. The Kier molecular flexibility index (Phi) is 4.57. The van der Waals surface area contributed by atoms with E-state index in [-0.39, 0.29) is 23.3 Å². The first-order chi connectivity index (χ1) is 12.6. The van der Waals surface area contributed by atoms with Crippen LogP contribution in [-0.4, -0.2) is 27.2 Å². The Morgan fingerprint density at radius 2 is 1.85 bits per heavy atom. The van der Waals surface area contributed by atoms with Crippen molar-refractivity contribution in [3.63, 3.8) is 0 Å². The van der Waals surface area contributed by atoms with Crippen LogP contribution in [-0.2, 0) is 19.4 Å². The Balaban J connectivity index is 2.25. The molecule has 0 radical (unpaired) electrons. The van der Waals surface area contributed by atoms with E-state index < -0.39 is 32.3 Å². The molecule has 138 valence electrons. The highest BCUT2D eigenvalue weighted by atomic mass is 32.2. The molecule has 0 saturated heterocycles. The van der Waals surface area contributed by atoms with Gasteiger partial charge < -0.3 is 4.74 Å². The van der Waals surface area contributed by atoms with Crippen LogP contribution in [0.1, 0.15) is 22.3 Å². The van der Waals surface area contributed by atoms with Crippen LogP contribution < -0.4 is 0 Å². The normalized spacial score (nSPS) is 14.3. The van der Waals surface area contributed by atoms with E-state index in [1.54, 1.807) is 19.1 Å². The molecule has 0 bridgehead atoms. The van der Waals surface area contributed by atoms with Crippen LogP contribution in [0.3, 0.4) is 0 Å². The maximum Gasteiger partial charge on any atom is 0.339 e. The molecule has 0 atom stereocenters. The topological polar surface area (TPSA) is 84.2 Å². The zero-order chi connectivity index (χ0) is 19.9. The van der Waals surface area contributed by atoms with E-state index >= 15 is 0 Å². The SMILES string of the molecule is Cc1ccc(C2=C(c3cc(F)c(S(C)(=O)=O)cc3F)COC2=O)cc1C#N. The van der Waals surface area contributed by atoms with Gasteiger partial charge in [0.05, 0.1) is 17.2 Å². The van der Waals surface area contributed by atoms with Crippen LogP contribution in [0.25, 0.3) is 11.1 Å². The Hall–Kier alpha value is -3.05. The van der Waals surface area contributed by atoms with Crippen LogP contribution in [0.15, 0.2) is 35.2 Å². The lowest BCUT2D eigenvalue weighted by Crippen LogP contribution is -2.05. The second-order valence-corrected chi connectivity index (χ2v) is 8.09. The lowest BCUT2D eigenvalue weighted by atomic mass is 9.94. The lowest BCUT2D eigenvalue weighted by molar-refractivity contribution is -0.133. The van der Waals surface area contributed by atoms with Crippen LogP contribution in [0.2, 0.25) is 0 Å². The van der Waals surface area contributed by atoms with Gasteiger partial charge >= 0.3 is 5.97 Å². The molecule has 0 spiro atoms. The number of sulfone groups is 1. The van der Waals surface area contributed by atoms with Crippen molar-refractivity contribution in [3.05, 3.63) is 64.2 Å². The Morgan fingerprint density at radius 1 is 1.15 bits per heavy atom. The van der Waals surface area contributed by atoms with E-state index in [2.05, 4.69) is 0 Å². The van der Waals surface area contributed by atoms with Crippen molar-refractivity contribution in [1.29, 1.82) is 5.26 Å². The summed E-state index contributed by atoms with van der Waals surface area (Å²) in [7, 11) is -3.95. The summed E-state index contributed by atoms with van der Waals surface area (Å²) in [6.07, 6.45) is 0.771. The maximum atomic E-state index is 14.6. The third kappa shape index (κ3) is 3.34. The van der Waals surface area contributed by atoms with Gasteiger partial charge in [-0.2, -0.15) is 5.26 Å². The van der Waals surface area contributed by atoms with E-state index in [4.69, 9.17) is 4.74 Å². The van der Waals surface area contributed by atoms with E-state index in [1.165, 1.54) is 6.07 Å². The lowest BCUT2D eigenvalue weighted by Gasteiger charge is -2.09. The molecule has 0 aromatic heterocycles. The molecule has 0 fully saturated rings. The van der Waals surface area contributed by atoms with Crippen molar-refractivity contribution in [2.45, 2.75) is 11.8 Å². The molecule has 0 unspecified atom stereocenters. The van der Waals surface area contributed by atoms with Gasteiger partial charge in [0.25, 0.3) is 0 Å². The monoisotopic (exact) mass is 389 g/mol. The summed E-state index contributed by atoms with van der Waals surface area (Å²) in [6.45, 7) is 1.43. The predicted octanol–water partition coefficient (Wildman–Crippen LogP) is 3.02. The van der Waals surface area contributed by atoms with Crippen LogP contribution in [0.5, 0.6) is 0 Å². The number of nitrogens with zero attached hydrogens (tertiary/aromatic N) is 1. The minimum Gasteiger partial charge on any atom is -0.457 e. The van der Waals surface area contributed by atoms with Gasteiger partial charge in [-0.15, -0.1) is 0 Å². The molecule has 2 aromatic carbocycles. The summed E-state index contributed by atoms with van der Waals surface area (Å²) in [4.78, 5) is 11.4. The zero-order valence-corrected chi connectivity index (χ0v) is 15.2. The number of cyclic esters (lactones) is 1. The third-order valence-corrected chi connectivity index (χ3v) is 5.36. The fourth-order valence-electron chi connectivity index (χ4n) is 2.85. The van der Waals surface area contributed by atoms with Crippen molar-refractivity contribution < 1.29 is 26.7 Å². The minimum absolute atomic E-state index is 0.0110. The fourth-order valence-corrected chi connectivity index (χ4v) is 3.58. The molecule has 3 rings (SSSR count). The molecule has 2 aromatic rings. The van der Waals surface area contributed by atoms with Crippen molar-refractivity contribution in [3.8, 4) is 6.07 Å². The van der Waals surface area contributed by atoms with Gasteiger partial charge in [-0.3, -0.25) is 0 Å². The van der Waals surface area contributed by atoms with Crippen molar-refractivity contribution in [1.82, 2.24) is 0 Å². The van der Waals surface area contributed by atoms with Gasteiger partial charge in [-0.1, -0.05) is 12.1 Å². The molecule has 1 aliphatic heterocycles. The summed E-state index contributed by atoms with van der Waals surface area (Å²) in [5.74, 6) is -2.85. The van der Waals surface area contributed by atoms with Crippen LogP contribution in [0.4, 0.5) is 8.78 Å². The second-order valence-electron chi connectivity index (χ2n) is 6.11. The molecule has 0 aliphatic carbocycles. The molecule has 27 heavy (non-hydrogen) atoms. The van der Waals surface area contributed by atoms with Gasteiger partial charge in [0.1, 0.15) is 23.1 Å². The zero-order valence-electron chi connectivity index (χ0n) is 14.3. The molecule has 1 aliphatic rings. The molecule has 1 heterocycles. The molecule has 0 N–H and O–H groups in total. The smallest absolute Gasteiger partial charge is 0.339 e. The van der Waals surface area contributed by atoms with Crippen LogP contribution in [0, 0.1) is 29.9 Å². The summed E-state index contributed by atoms with van der Waals surface area (Å²) in [5, 5.41) is 9.17. The molecular formula is C19H13F2NO4S. The standard InChI is InChI=1S/C19H13F2NO4S/c1-10-3-4-11(5-12(10)8-22)18-14(9-26-19(18)23)13-6-16(21)17(7-15(13)20)27(2,24)25/h3-7H,9H2,1-2H3. The van der Waals surface area contributed by atoms with Gasteiger partial charge in [-0.25, -0.2) is 22.0 Å². The number of esters is 1. The summed E-state index contributed by atoms with van der Waals surface area (Å²) in [5.41, 5.74) is 1.20. The van der Waals surface area contributed by atoms with Gasteiger partial charge in [-0.05, 0) is 36.2 Å². The highest BCUT2D eigenvalue weighted by Gasteiger charge is 2.30. The number of carbonyl (C=O) groups is 1. The number of hydrogen-bond donors (Lipinski definition) is 0. The number of carbonyl (C=O) groups excluding carboxylic acids is 1. The predicted molar refractivity (Wildman–Crippen MR) is 93.1 cm³/mol. The van der Waals surface area contributed by atoms with Crippen molar-refractivity contribution >= 4 is 27.0 Å². The Labute approximate surface area is 154 Å². The summed E-state index contributed by atoms with van der Waals surface area (Å²) in [6, 6.07) is 8.00. The van der Waals surface area contributed by atoms with Crippen LogP contribution >= 0.6 is 0 Å². The molecule has 8 heteroatoms. The van der Waals surface area contributed by atoms with E-state index in [9.17, 15) is 27.3 Å². The molecule has 5 nitrogen and oxygen atoms in total. The highest BCUT2D eigenvalue weighted by molar-refractivity contribution is 7.90. The van der Waals surface area contributed by atoms with Gasteiger partial charge in [0, 0.05) is 17.4 Å². The van der Waals surface area contributed by atoms with E-state index in [0.29, 0.717) is 22.8 Å². The quantitative estimate of drug-likeness (QED) is 0.754. The number of ether oxygens (including phenoxy) is 1. The number of aryl methyl sites for hydroxylation is 1. The average molecular weight is 389 g/mol. The van der Waals surface area contributed by atoms with Gasteiger partial charge in [0.15, 0.2) is 9.84 Å². The number of rotatable bonds is 3. The minimum atomic E-state index is -3.95. The first-order valence-corrected chi connectivity index (χ1v) is 9.63. The second kappa shape index (κ2) is 6.59. The Bertz CT molecular complexity index is 1160. The largest absolute Gasteiger partial charge is 0.457 e. The molecule has 0 amide bonds. The van der Waals surface area contributed by atoms with Crippen molar-refractivity contribution in [2.24, 2.45) is 0 Å². The van der Waals surface area contributed by atoms with E-state index in [0.717, 1.165) is 12.3 Å². The number of nitriles is 1. The maximum absolute atomic E-state index is 14.6. The highest BCUT2D eigenvalue weighted by Crippen LogP contribution is 2.36. The summed E-state index contributed by atoms with van der Waals surface area (Å²) >= 11 is 0. The van der Waals surface area contributed by atoms with Gasteiger partial charge in [0.2, 0.25) is 0 Å².